The van der Waals surface area contributed by atoms with E-state index >= 15 is 0 Å². The minimum Gasteiger partial charge on any atom is -0.507 e. The summed E-state index contributed by atoms with van der Waals surface area (Å²) < 4.78 is 5.73. The van der Waals surface area contributed by atoms with Crippen LogP contribution in [0.4, 0.5) is 0 Å². The number of aryl methyl sites for hydroxylation is 1. The molecule has 2 aliphatic rings. The van der Waals surface area contributed by atoms with Crippen molar-refractivity contribution in [2.45, 2.75) is 64.9 Å². The molecular weight excluding hydrogens is 248 g/mol. The van der Waals surface area contributed by atoms with Crippen molar-refractivity contribution in [3.05, 3.63) is 29.3 Å². The van der Waals surface area contributed by atoms with E-state index in [1.165, 1.54) is 38.5 Å². The van der Waals surface area contributed by atoms with Crippen molar-refractivity contribution in [1.29, 1.82) is 0 Å². The molecule has 0 amide bonds. The molecule has 1 aliphatic heterocycles. The van der Waals surface area contributed by atoms with Crippen molar-refractivity contribution in [2.75, 3.05) is 0 Å². The Morgan fingerprint density at radius 2 is 1.55 bits per heavy atom. The molecule has 1 saturated carbocycles. The Kier molecular flexibility index (Phi) is 4.74. The summed E-state index contributed by atoms with van der Waals surface area (Å²) in [6.45, 7) is 5.92. The van der Waals surface area contributed by atoms with Crippen molar-refractivity contribution in [1.82, 2.24) is 0 Å². The maximum absolute atomic E-state index is 9.68. The zero-order valence-corrected chi connectivity index (χ0v) is 12.9. The van der Waals surface area contributed by atoms with Crippen LogP contribution in [0.5, 0.6) is 11.5 Å². The summed E-state index contributed by atoms with van der Waals surface area (Å²) in [5.74, 6) is 1.04. The van der Waals surface area contributed by atoms with Crippen LogP contribution in [0.2, 0.25) is 0 Å². The lowest BCUT2D eigenvalue weighted by molar-refractivity contribution is 0.158. The van der Waals surface area contributed by atoms with Crippen LogP contribution in [0.15, 0.2) is 18.2 Å². The molecule has 1 aliphatic carbocycles. The smallest absolute Gasteiger partial charge is 0.131 e. The van der Waals surface area contributed by atoms with Crippen LogP contribution in [-0.4, -0.2) is 10.7 Å². The van der Waals surface area contributed by atoms with Gasteiger partial charge in [-0.05, 0) is 50.6 Å². The number of fused-ring (bicyclic) bond motifs is 1. The normalized spacial score (nSPS) is 19.4. The number of hydrogen-bond donors (Lipinski definition) is 1. The fraction of sp³-hybridized carbons (Fsp3) is 0.556. The van der Waals surface area contributed by atoms with E-state index in [0.29, 0.717) is 0 Å². The lowest BCUT2D eigenvalue weighted by atomic mass is 10.0. The third kappa shape index (κ3) is 4.03. The molecule has 3 rings (SSSR count). The van der Waals surface area contributed by atoms with Gasteiger partial charge in [-0.25, -0.2) is 0 Å². The Morgan fingerprint density at radius 1 is 1.00 bits per heavy atom. The monoisotopic (exact) mass is 274 g/mol. The Balaban J connectivity index is 0.000000205. The number of phenolic OH excluding ortho intramolecular Hbond substituents is 1. The van der Waals surface area contributed by atoms with Crippen LogP contribution in [-0.2, 0) is 0 Å². The quantitative estimate of drug-likeness (QED) is 0.702. The molecule has 110 valence electrons. The van der Waals surface area contributed by atoms with Gasteiger partial charge in [0.05, 0.1) is 5.56 Å². The van der Waals surface area contributed by atoms with E-state index in [-0.39, 0.29) is 11.4 Å². The van der Waals surface area contributed by atoms with Gasteiger partial charge in [0, 0.05) is 0 Å². The molecule has 2 nitrogen and oxygen atoms in total. The molecular formula is C18H26O2. The molecule has 0 unspecified atom stereocenters. The van der Waals surface area contributed by atoms with E-state index in [1.807, 2.05) is 39.0 Å². The summed E-state index contributed by atoms with van der Waals surface area (Å²) in [5.41, 5.74) is 1.50. The van der Waals surface area contributed by atoms with Crippen LogP contribution in [0.25, 0.3) is 6.08 Å². The average molecular weight is 274 g/mol. The molecule has 0 aromatic heterocycles. The van der Waals surface area contributed by atoms with Gasteiger partial charge < -0.3 is 9.84 Å². The topological polar surface area (TPSA) is 29.5 Å². The first-order valence-corrected chi connectivity index (χ1v) is 7.70. The number of phenols is 1. The van der Waals surface area contributed by atoms with E-state index in [0.717, 1.165) is 16.9 Å². The SMILES string of the molecule is C1CCCCC1.Cc1cc(O)c2c(c1)OC(C)(C)C=C2. The van der Waals surface area contributed by atoms with Crippen LogP contribution >= 0.6 is 0 Å². The molecule has 1 aromatic rings. The number of aromatic hydroxyl groups is 1. The van der Waals surface area contributed by atoms with E-state index in [4.69, 9.17) is 4.74 Å². The van der Waals surface area contributed by atoms with E-state index in [2.05, 4.69) is 0 Å². The summed E-state index contributed by atoms with van der Waals surface area (Å²) in [7, 11) is 0. The standard InChI is InChI=1S/C12H14O2.C6H12/c1-8-6-10(13)9-4-5-12(2,3)14-11(9)7-8;1-2-4-6-5-3-1/h4-7,13H,1-3H3;1-6H2. The lowest BCUT2D eigenvalue weighted by Crippen LogP contribution is -2.27. The molecule has 1 heterocycles. The molecule has 0 spiro atoms. The fourth-order valence-electron chi connectivity index (χ4n) is 2.66. The van der Waals surface area contributed by atoms with Crippen molar-refractivity contribution in [2.24, 2.45) is 0 Å². The van der Waals surface area contributed by atoms with Gasteiger partial charge in [0.1, 0.15) is 17.1 Å². The largest absolute Gasteiger partial charge is 0.507 e. The van der Waals surface area contributed by atoms with E-state index in [1.54, 1.807) is 6.07 Å². The van der Waals surface area contributed by atoms with Crippen LogP contribution in [0, 0.1) is 6.92 Å². The number of hydrogen-bond acceptors (Lipinski definition) is 2. The van der Waals surface area contributed by atoms with E-state index < -0.39 is 0 Å². The molecule has 20 heavy (non-hydrogen) atoms. The second-order valence-electron chi connectivity index (χ2n) is 6.36. The number of ether oxygens (including phenoxy) is 1. The number of rotatable bonds is 0. The molecule has 1 aromatic carbocycles. The van der Waals surface area contributed by atoms with Crippen molar-refractivity contribution >= 4 is 6.08 Å². The highest BCUT2D eigenvalue weighted by atomic mass is 16.5. The fourth-order valence-corrected chi connectivity index (χ4v) is 2.66. The highest BCUT2D eigenvalue weighted by Gasteiger charge is 2.23. The van der Waals surface area contributed by atoms with Crippen molar-refractivity contribution in [3.63, 3.8) is 0 Å². The van der Waals surface area contributed by atoms with Crippen LogP contribution < -0.4 is 4.74 Å². The molecule has 1 fully saturated rings. The summed E-state index contributed by atoms with van der Waals surface area (Å²) in [4.78, 5) is 0. The van der Waals surface area contributed by atoms with E-state index in [9.17, 15) is 5.11 Å². The first-order valence-electron chi connectivity index (χ1n) is 7.70. The van der Waals surface area contributed by atoms with Crippen molar-refractivity contribution in [3.8, 4) is 11.5 Å². The van der Waals surface area contributed by atoms with Gasteiger partial charge in [0.2, 0.25) is 0 Å². The summed E-state index contributed by atoms with van der Waals surface area (Å²) >= 11 is 0. The van der Waals surface area contributed by atoms with Crippen LogP contribution in [0.3, 0.4) is 0 Å². The molecule has 0 saturated heterocycles. The predicted octanol–water partition coefficient (Wildman–Crippen LogP) is 5.23. The van der Waals surface area contributed by atoms with Gasteiger partial charge in [0.15, 0.2) is 0 Å². The first kappa shape index (κ1) is 15.0. The van der Waals surface area contributed by atoms with Crippen LogP contribution in [0.1, 0.15) is 63.5 Å². The maximum Gasteiger partial charge on any atom is 0.131 e. The average Bonchev–Trinajstić information content (AvgIpc) is 2.39. The Bertz CT molecular complexity index is 471. The van der Waals surface area contributed by atoms with Gasteiger partial charge >= 0.3 is 0 Å². The van der Waals surface area contributed by atoms with Gasteiger partial charge in [0.25, 0.3) is 0 Å². The highest BCUT2D eigenvalue weighted by molar-refractivity contribution is 5.67. The Morgan fingerprint density at radius 3 is 2.10 bits per heavy atom. The summed E-state index contributed by atoms with van der Waals surface area (Å²) in [6.07, 6.45) is 12.9. The molecule has 0 bridgehead atoms. The highest BCUT2D eigenvalue weighted by Crippen LogP contribution is 2.37. The van der Waals surface area contributed by atoms with Gasteiger partial charge in [-0.15, -0.1) is 0 Å². The van der Waals surface area contributed by atoms with Gasteiger partial charge in [-0.2, -0.15) is 0 Å². The van der Waals surface area contributed by atoms with Crippen molar-refractivity contribution < 1.29 is 9.84 Å². The second-order valence-corrected chi connectivity index (χ2v) is 6.36. The maximum atomic E-state index is 9.68. The minimum atomic E-state index is -0.284. The minimum absolute atomic E-state index is 0.284. The molecule has 1 N–H and O–H groups in total. The molecule has 0 radical (unpaired) electrons. The van der Waals surface area contributed by atoms with Gasteiger partial charge in [-0.1, -0.05) is 38.5 Å². The number of benzene rings is 1. The first-order chi connectivity index (χ1) is 9.48. The zero-order valence-electron chi connectivity index (χ0n) is 12.9. The summed E-state index contributed by atoms with van der Waals surface area (Å²) in [6, 6.07) is 3.69. The zero-order chi connectivity index (χ0) is 14.6. The Labute approximate surface area is 122 Å². The third-order valence-corrected chi connectivity index (χ3v) is 3.79. The van der Waals surface area contributed by atoms with Gasteiger partial charge in [-0.3, -0.25) is 0 Å². The second kappa shape index (κ2) is 6.34. The lowest BCUT2D eigenvalue weighted by Gasteiger charge is -2.28. The Hall–Kier alpha value is -1.44. The predicted molar refractivity (Wildman–Crippen MR) is 84.3 cm³/mol. The molecule has 0 atom stereocenters. The summed E-state index contributed by atoms with van der Waals surface area (Å²) in [5, 5.41) is 9.68. The molecule has 2 heteroatoms. The third-order valence-electron chi connectivity index (χ3n) is 3.79.